The zero-order valence-corrected chi connectivity index (χ0v) is 16.7. The first-order valence-corrected chi connectivity index (χ1v) is 9.67. The summed E-state index contributed by atoms with van der Waals surface area (Å²) in [5.74, 6) is 0.427. The Hall–Kier alpha value is -3.34. The number of anilines is 1. The van der Waals surface area contributed by atoms with Crippen LogP contribution in [-0.2, 0) is 12.7 Å². The molecule has 3 N–H and O–H groups in total. The number of nitrogens with one attached hydrogen (secondary N) is 1. The highest BCUT2D eigenvalue weighted by Gasteiger charge is 2.32. The maximum atomic E-state index is 12.8. The van der Waals surface area contributed by atoms with Crippen LogP contribution >= 0.6 is 0 Å². The topological polar surface area (TPSA) is 104 Å². The number of piperazine rings is 1. The highest BCUT2D eigenvalue weighted by molar-refractivity contribution is 5.90. The van der Waals surface area contributed by atoms with Crippen LogP contribution in [-0.4, -0.2) is 51.7 Å². The molecule has 1 fully saturated rings. The third kappa shape index (κ3) is 4.41. The van der Waals surface area contributed by atoms with Gasteiger partial charge < -0.3 is 15.1 Å². The number of carbonyl (C=O) groups is 1. The number of alkyl halides is 3. The summed E-state index contributed by atoms with van der Waals surface area (Å²) >= 11 is 0. The molecule has 1 aliphatic rings. The van der Waals surface area contributed by atoms with Crippen LogP contribution in [0.1, 0.15) is 28.6 Å². The standard InChI is InChI=1S/C20H21F3N6O2/c1-12-10-28(6-7-29(12)17-5-2-14(9-25-17)20(21,22)23)11-13-8-26-27-18(13)15-3-4-16(31-15)19(24)30/h2-5,8-9,12H,6-7,10-11H2,1H3,(H2,24,30)(H,26,27). The van der Waals surface area contributed by atoms with E-state index in [1.54, 1.807) is 12.3 Å². The number of furan rings is 1. The van der Waals surface area contributed by atoms with Crippen molar-refractivity contribution in [1.82, 2.24) is 20.1 Å². The number of amides is 1. The van der Waals surface area contributed by atoms with Crippen molar-refractivity contribution in [3.05, 3.63) is 53.5 Å². The number of halogens is 3. The Kier molecular flexibility index (Phi) is 5.44. The van der Waals surface area contributed by atoms with E-state index in [1.807, 2.05) is 11.8 Å². The Morgan fingerprint density at radius 3 is 2.68 bits per heavy atom. The minimum Gasteiger partial charge on any atom is -0.449 e. The predicted molar refractivity (Wildman–Crippen MR) is 106 cm³/mol. The first kappa shape index (κ1) is 20.9. The van der Waals surface area contributed by atoms with Crippen LogP contribution in [0, 0.1) is 0 Å². The Bertz CT molecular complexity index is 1060. The van der Waals surface area contributed by atoms with Gasteiger partial charge in [-0.2, -0.15) is 18.3 Å². The average Bonchev–Trinajstić information content (AvgIpc) is 3.37. The molecule has 8 nitrogen and oxygen atoms in total. The van der Waals surface area contributed by atoms with Crippen molar-refractivity contribution in [2.24, 2.45) is 5.73 Å². The summed E-state index contributed by atoms with van der Waals surface area (Å²) in [5.41, 5.74) is 6.06. The highest BCUT2D eigenvalue weighted by atomic mass is 19.4. The van der Waals surface area contributed by atoms with Gasteiger partial charge in [0, 0.05) is 44.0 Å². The normalized spacial score (nSPS) is 17.8. The number of primary amides is 1. The number of H-pyrrole nitrogens is 1. The van der Waals surface area contributed by atoms with E-state index in [1.165, 1.54) is 12.1 Å². The molecule has 0 aromatic carbocycles. The molecule has 0 aliphatic carbocycles. The molecule has 31 heavy (non-hydrogen) atoms. The maximum Gasteiger partial charge on any atom is 0.417 e. The molecule has 1 amide bonds. The van der Waals surface area contributed by atoms with E-state index in [0.717, 1.165) is 17.8 Å². The lowest BCUT2D eigenvalue weighted by Crippen LogP contribution is -2.51. The Labute approximate surface area is 175 Å². The summed E-state index contributed by atoms with van der Waals surface area (Å²) in [4.78, 5) is 19.5. The van der Waals surface area contributed by atoms with Gasteiger partial charge in [0.25, 0.3) is 5.91 Å². The SMILES string of the molecule is CC1CN(Cc2cn[nH]c2-c2ccc(C(N)=O)o2)CCN1c1ccc(C(F)(F)F)cn1. The van der Waals surface area contributed by atoms with Crippen LogP contribution in [0.2, 0.25) is 0 Å². The highest BCUT2D eigenvalue weighted by Crippen LogP contribution is 2.30. The number of nitrogens with two attached hydrogens (primary N) is 1. The van der Waals surface area contributed by atoms with Gasteiger partial charge in [0.2, 0.25) is 0 Å². The zero-order chi connectivity index (χ0) is 22.2. The van der Waals surface area contributed by atoms with E-state index in [-0.39, 0.29) is 11.8 Å². The van der Waals surface area contributed by atoms with Gasteiger partial charge in [0.15, 0.2) is 11.5 Å². The molecule has 0 bridgehead atoms. The fraction of sp³-hybridized carbons (Fsp3) is 0.350. The van der Waals surface area contributed by atoms with Crippen molar-refractivity contribution in [3.8, 4) is 11.5 Å². The molecule has 1 saturated heterocycles. The quantitative estimate of drug-likeness (QED) is 0.640. The Balaban J connectivity index is 1.42. The predicted octanol–water partition coefficient (Wildman–Crippen LogP) is 2.89. The zero-order valence-electron chi connectivity index (χ0n) is 16.7. The lowest BCUT2D eigenvalue weighted by atomic mass is 10.1. The fourth-order valence-electron chi connectivity index (χ4n) is 3.73. The van der Waals surface area contributed by atoms with Crippen LogP contribution in [0.3, 0.4) is 0 Å². The van der Waals surface area contributed by atoms with Gasteiger partial charge >= 0.3 is 6.18 Å². The van der Waals surface area contributed by atoms with E-state index in [4.69, 9.17) is 10.2 Å². The molecular weight excluding hydrogens is 413 g/mol. The molecule has 0 spiro atoms. The van der Waals surface area contributed by atoms with E-state index in [2.05, 4.69) is 20.1 Å². The Morgan fingerprint density at radius 2 is 2.06 bits per heavy atom. The molecule has 4 rings (SSSR count). The second-order valence-electron chi connectivity index (χ2n) is 7.48. The van der Waals surface area contributed by atoms with Gasteiger partial charge in [-0.1, -0.05) is 0 Å². The number of rotatable bonds is 5. The van der Waals surface area contributed by atoms with E-state index < -0.39 is 17.6 Å². The lowest BCUT2D eigenvalue weighted by molar-refractivity contribution is -0.137. The van der Waals surface area contributed by atoms with E-state index >= 15 is 0 Å². The maximum absolute atomic E-state index is 12.8. The molecule has 4 heterocycles. The van der Waals surface area contributed by atoms with Gasteiger partial charge in [-0.05, 0) is 31.2 Å². The average molecular weight is 434 g/mol. The van der Waals surface area contributed by atoms with E-state index in [9.17, 15) is 18.0 Å². The molecule has 1 aliphatic heterocycles. The first-order chi connectivity index (χ1) is 14.7. The van der Waals surface area contributed by atoms with Gasteiger partial charge in [-0.3, -0.25) is 14.8 Å². The molecule has 3 aromatic heterocycles. The summed E-state index contributed by atoms with van der Waals surface area (Å²) < 4.78 is 43.8. The monoisotopic (exact) mass is 434 g/mol. The van der Waals surface area contributed by atoms with Crippen LogP contribution in [0.25, 0.3) is 11.5 Å². The van der Waals surface area contributed by atoms with Crippen LogP contribution in [0.15, 0.2) is 41.1 Å². The molecule has 11 heteroatoms. The number of hydrogen-bond acceptors (Lipinski definition) is 6. The van der Waals surface area contributed by atoms with Crippen LogP contribution in [0.5, 0.6) is 0 Å². The summed E-state index contributed by atoms with van der Waals surface area (Å²) in [6, 6.07) is 5.70. The number of pyridine rings is 1. The van der Waals surface area contributed by atoms with Gasteiger partial charge in [-0.15, -0.1) is 0 Å². The van der Waals surface area contributed by atoms with Crippen molar-refractivity contribution in [3.63, 3.8) is 0 Å². The minimum atomic E-state index is -4.40. The smallest absolute Gasteiger partial charge is 0.417 e. The number of aromatic amines is 1. The number of hydrogen-bond donors (Lipinski definition) is 2. The number of carbonyl (C=O) groups excluding carboxylic acids is 1. The second kappa shape index (κ2) is 8.06. The summed E-state index contributed by atoms with van der Waals surface area (Å²) in [6.07, 6.45) is -1.82. The van der Waals surface area contributed by atoms with Crippen molar-refractivity contribution in [2.45, 2.75) is 25.7 Å². The molecular formula is C20H21F3N6O2. The third-order valence-corrected chi connectivity index (χ3v) is 5.29. The van der Waals surface area contributed by atoms with Gasteiger partial charge in [0.1, 0.15) is 11.5 Å². The third-order valence-electron chi connectivity index (χ3n) is 5.29. The van der Waals surface area contributed by atoms with Gasteiger partial charge in [0.05, 0.1) is 11.8 Å². The number of nitrogens with zero attached hydrogens (tertiary/aromatic N) is 4. The molecule has 0 saturated carbocycles. The summed E-state index contributed by atoms with van der Waals surface area (Å²) in [7, 11) is 0. The largest absolute Gasteiger partial charge is 0.449 e. The summed E-state index contributed by atoms with van der Waals surface area (Å²) in [6.45, 7) is 4.62. The van der Waals surface area contributed by atoms with Crippen LogP contribution < -0.4 is 10.6 Å². The molecule has 3 aromatic rings. The van der Waals surface area contributed by atoms with Crippen molar-refractivity contribution < 1.29 is 22.4 Å². The second-order valence-corrected chi connectivity index (χ2v) is 7.48. The first-order valence-electron chi connectivity index (χ1n) is 9.67. The van der Waals surface area contributed by atoms with Crippen molar-refractivity contribution >= 4 is 11.7 Å². The minimum absolute atomic E-state index is 0.0541. The van der Waals surface area contributed by atoms with E-state index in [0.29, 0.717) is 43.5 Å². The fourth-order valence-corrected chi connectivity index (χ4v) is 3.73. The molecule has 0 radical (unpaired) electrons. The molecule has 164 valence electrons. The molecule has 1 unspecified atom stereocenters. The number of aromatic nitrogens is 3. The summed E-state index contributed by atoms with van der Waals surface area (Å²) in [5, 5.41) is 6.98. The van der Waals surface area contributed by atoms with Crippen LogP contribution in [0.4, 0.5) is 19.0 Å². The van der Waals surface area contributed by atoms with Gasteiger partial charge in [-0.25, -0.2) is 4.98 Å². The molecule has 1 atom stereocenters. The lowest BCUT2D eigenvalue weighted by Gasteiger charge is -2.40. The Morgan fingerprint density at radius 1 is 1.26 bits per heavy atom. The van der Waals surface area contributed by atoms with Crippen molar-refractivity contribution in [1.29, 1.82) is 0 Å². The van der Waals surface area contributed by atoms with Crippen molar-refractivity contribution in [2.75, 3.05) is 24.5 Å².